The molecule has 2 aromatic rings. The van der Waals surface area contributed by atoms with E-state index in [0.717, 1.165) is 18.4 Å². The fraction of sp³-hybridized carbons (Fsp3) is 0.286. The number of aromatic carboxylic acids is 1. The van der Waals surface area contributed by atoms with Gasteiger partial charge in [0.05, 0.1) is 12.7 Å². The number of ether oxygens (including phenoxy) is 1. The predicted molar refractivity (Wildman–Crippen MR) is 104 cm³/mol. The van der Waals surface area contributed by atoms with E-state index < -0.39 is 5.97 Å². The first-order chi connectivity index (χ1) is 13.5. The predicted octanol–water partition coefficient (Wildman–Crippen LogP) is 2.71. The summed E-state index contributed by atoms with van der Waals surface area (Å²) in [5, 5.41) is 14.7. The van der Waals surface area contributed by atoms with Gasteiger partial charge in [0.25, 0.3) is 5.91 Å². The number of anilines is 1. The highest BCUT2D eigenvalue weighted by Crippen LogP contribution is 2.30. The second-order valence-electron chi connectivity index (χ2n) is 6.68. The van der Waals surface area contributed by atoms with Crippen molar-refractivity contribution in [2.75, 3.05) is 19.0 Å². The minimum absolute atomic E-state index is 0.0278. The maximum Gasteiger partial charge on any atom is 0.335 e. The third-order valence-corrected chi connectivity index (χ3v) is 4.58. The second kappa shape index (κ2) is 8.56. The molecule has 1 aliphatic rings. The van der Waals surface area contributed by atoms with Gasteiger partial charge in [-0.05, 0) is 61.2 Å². The van der Waals surface area contributed by atoms with Gasteiger partial charge < -0.3 is 20.5 Å². The maximum atomic E-state index is 12.3. The van der Waals surface area contributed by atoms with Gasteiger partial charge in [-0.1, -0.05) is 6.07 Å². The minimum atomic E-state index is -1.02. The molecule has 0 unspecified atom stereocenters. The Labute approximate surface area is 162 Å². The van der Waals surface area contributed by atoms with Crippen molar-refractivity contribution < 1.29 is 24.2 Å². The molecule has 3 N–H and O–H groups in total. The maximum absolute atomic E-state index is 12.3. The van der Waals surface area contributed by atoms with Crippen molar-refractivity contribution in [2.45, 2.75) is 19.3 Å². The van der Waals surface area contributed by atoms with E-state index in [0.29, 0.717) is 30.0 Å². The van der Waals surface area contributed by atoms with Crippen molar-refractivity contribution in [3.8, 4) is 5.75 Å². The number of carbonyl (C=O) groups excluding carboxylic acids is 2. The van der Waals surface area contributed by atoms with Crippen LogP contribution in [-0.4, -0.2) is 36.5 Å². The SMILES string of the molecule is COc1cc(C(=O)O)ccc1CCNC(=O)c1ccc(NC(=O)C2CC2)cc1. The number of carbonyl (C=O) groups is 3. The summed E-state index contributed by atoms with van der Waals surface area (Å²) in [6.07, 6.45) is 2.39. The molecule has 146 valence electrons. The summed E-state index contributed by atoms with van der Waals surface area (Å²) < 4.78 is 5.23. The number of benzene rings is 2. The van der Waals surface area contributed by atoms with Gasteiger partial charge in [-0.15, -0.1) is 0 Å². The Balaban J connectivity index is 1.52. The Morgan fingerprint density at radius 3 is 2.36 bits per heavy atom. The normalized spacial score (nSPS) is 12.9. The number of hydrogen-bond donors (Lipinski definition) is 3. The lowest BCUT2D eigenvalue weighted by Gasteiger charge is -2.11. The van der Waals surface area contributed by atoms with Gasteiger partial charge in [-0.25, -0.2) is 4.79 Å². The topological polar surface area (TPSA) is 105 Å². The Morgan fingerprint density at radius 1 is 1.07 bits per heavy atom. The number of hydrogen-bond acceptors (Lipinski definition) is 4. The van der Waals surface area contributed by atoms with Gasteiger partial charge in [0.15, 0.2) is 0 Å². The molecule has 7 nitrogen and oxygen atoms in total. The van der Waals surface area contributed by atoms with Crippen molar-refractivity contribution in [2.24, 2.45) is 5.92 Å². The molecule has 0 aliphatic heterocycles. The number of nitrogens with one attached hydrogen (secondary N) is 2. The van der Waals surface area contributed by atoms with Crippen LogP contribution in [0.15, 0.2) is 42.5 Å². The summed E-state index contributed by atoms with van der Waals surface area (Å²) in [6.45, 7) is 0.377. The highest BCUT2D eigenvalue weighted by atomic mass is 16.5. The molecule has 28 heavy (non-hydrogen) atoms. The average Bonchev–Trinajstić information content (AvgIpc) is 3.54. The summed E-state index contributed by atoms with van der Waals surface area (Å²) in [7, 11) is 1.48. The van der Waals surface area contributed by atoms with Crippen LogP contribution in [0.1, 0.15) is 39.1 Å². The van der Waals surface area contributed by atoms with Crippen LogP contribution in [0, 0.1) is 5.92 Å². The van der Waals surface area contributed by atoms with E-state index in [4.69, 9.17) is 9.84 Å². The van der Waals surface area contributed by atoms with E-state index >= 15 is 0 Å². The molecule has 2 amide bonds. The van der Waals surface area contributed by atoms with E-state index in [2.05, 4.69) is 10.6 Å². The van der Waals surface area contributed by atoms with E-state index in [1.165, 1.54) is 19.2 Å². The number of amides is 2. The van der Waals surface area contributed by atoms with Gasteiger partial charge in [0.1, 0.15) is 5.75 Å². The van der Waals surface area contributed by atoms with Gasteiger partial charge in [0, 0.05) is 23.7 Å². The lowest BCUT2D eigenvalue weighted by atomic mass is 10.1. The average molecular weight is 382 g/mol. The zero-order valence-electron chi connectivity index (χ0n) is 15.5. The van der Waals surface area contributed by atoms with Crippen LogP contribution in [0.3, 0.4) is 0 Å². The van der Waals surface area contributed by atoms with Gasteiger partial charge in [-0.3, -0.25) is 9.59 Å². The molecule has 0 heterocycles. The molecule has 1 saturated carbocycles. The summed E-state index contributed by atoms with van der Waals surface area (Å²) in [5.41, 5.74) is 2.14. The zero-order chi connectivity index (χ0) is 20.1. The Morgan fingerprint density at radius 2 is 1.75 bits per heavy atom. The highest BCUT2D eigenvalue weighted by molar-refractivity contribution is 5.96. The summed E-state index contributed by atoms with van der Waals surface area (Å²) in [4.78, 5) is 35.0. The molecular weight excluding hydrogens is 360 g/mol. The minimum Gasteiger partial charge on any atom is -0.496 e. The lowest BCUT2D eigenvalue weighted by molar-refractivity contribution is -0.117. The number of rotatable bonds is 8. The first kappa shape index (κ1) is 19.4. The summed E-state index contributed by atoms with van der Waals surface area (Å²) in [5.74, 6) is -0.606. The Bertz CT molecular complexity index is 888. The monoisotopic (exact) mass is 382 g/mol. The van der Waals surface area contributed by atoms with Crippen molar-refractivity contribution >= 4 is 23.5 Å². The molecule has 0 spiro atoms. The first-order valence-corrected chi connectivity index (χ1v) is 9.07. The third kappa shape index (κ3) is 4.88. The van der Waals surface area contributed by atoms with Gasteiger partial charge in [0.2, 0.25) is 5.91 Å². The van der Waals surface area contributed by atoms with Crippen LogP contribution < -0.4 is 15.4 Å². The molecule has 1 fully saturated rings. The second-order valence-corrected chi connectivity index (χ2v) is 6.68. The molecule has 0 bridgehead atoms. The van der Waals surface area contributed by atoms with E-state index in [-0.39, 0.29) is 23.3 Å². The van der Waals surface area contributed by atoms with E-state index in [1.54, 1.807) is 30.3 Å². The molecule has 2 aromatic carbocycles. The van der Waals surface area contributed by atoms with Crippen LogP contribution in [0.5, 0.6) is 5.75 Å². The van der Waals surface area contributed by atoms with Crippen LogP contribution in [-0.2, 0) is 11.2 Å². The number of carboxylic acids is 1. The van der Waals surface area contributed by atoms with Crippen molar-refractivity contribution in [3.63, 3.8) is 0 Å². The van der Waals surface area contributed by atoms with Crippen LogP contribution >= 0.6 is 0 Å². The lowest BCUT2D eigenvalue weighted by Crippen LogP contribution is -2.25. The largest absolute Gasteiger partial charge is 0.496 e. The van der Waals surface area contributed by atoms with Crippen LogP contribution in [0.2, 0.25) is 0 Å². The smallest absolute Gasteiger partial charge is 0.335 e. The number of methoxy groups -OCH3 is 1. The van der Waals surface area contributed by atoms with E-state index in [1.807, 2.05) is 0 Å². The first-order valence-electron chi connectivity index (χ1n) is 9.07. The summed E-state index contributed by atoms with van der Waals surface area (Å²) in [6, 6.07) is 11.4. The fourth-order valence-electron chi connectivity index (χ4n) is 2.79. The van der Waals surface area contributed by atoms with Crippen molar-refractivity contribution in [3.05, 3.63) is 59.2 Å². The highest BCUT2D eigenvalue weighted by Gasteiger charge is 2.29. The summed E-state index contributed by atoms with van der Waals surface area (Å²) >= 11 is 0. The van der Waals surface area contributed by atoms with Crippen LogP contribution in [0.4, 0.5) is 5.69 Å². The zero-order valence-corrected chi connectivity index (χ0v) is 15.5. The molecule has 7 heteroatoms. The Kier molecular flexibility index (Phi) is 5.93. The van der Waals surface area contributed by atoms with Crippen molar-refractivity contribution in [1.82, 2.24) is 5.32 Å². The molecule has 0 aromatic heterocycles. The van der Waals surface area contributed by atoms with Gasteiger partial charge >= 0.3 is 5.97 Å². The van der Waals surface area contributed by atoms with Crippen molar-refractivity contribution in [1.29, 1.82) is 0 Å². The third-order valence-electron chi connectivity index (χ3n) is 4.58. The Hall–Kier alpha value is -3.35. The molecule has 0 radical (unpaired) electrons. The fourth-order valence-corrected chi connectivity index (χ4v) is 2.79. The molecule has 3 rings (SSSR count). The van der Waals surface area contributed by atoms with Gasteiger partial charge in [-0.2, -0.15) is 0 Å². The molecule has 0 saturated heterocycles. The standard InChI is InChI=1S/C21H22N2O5/c1-28-18-12-16(21(26)27)5-2-13(18)10-11-22-19(24)14-6-8-17(9-7-14)23-20(25)15-3-4-15/h2,5-9,12,15H,3-4,10-11H2,1H3,(H,22,24)(H,23,25)(H,26,27). The van der Waals surface area contributed by atoms with E-state index in [9.17, 15) is 14.4 Å². The molecular formula is C21H22N2O5. The molecule has 0 atom stereocenters. The number of carboxylic acid groups (broad SMARTS) is 1. The van der Waals surface area contributed by atoms with Crippen LogP contribution in [0.25, 0.3) is 0 Å². The molecule has 1 aliphatic carbocycles. The quantitative estimate of drug-likeness (QED) is 0.651.